The van der Waals surface area contributed by atoms with Gasteiger partial charge in [-0.15, -0.1) is 0 Å². The summed E-state index contributed by atoms with van der Waals surface area (Å²) in [5, 5.41) is 24.6. The number of hydrogen-bond acceptors (Lipinski definition) is 10. The van der Waals surface area contributed by atoms with Gasteiger partial charge >= 0.3 is 21.6 Å². The molecule has 1 heterocycles. The Kier molecular flexibility index (Phi) is 5.80. The van der Waals surface area contributed by atoms with Crippen molar-refractivity contribution in [3.8, 4) is 0 Å². The molecule has 1 saturated heterocycles. The predicted molar refractivity (Wildman–Crippen MR) is 113 cm³/mol. The maximum absolute atomic E-state index is 13.7. The summed E-state index contributed by atoms with van der Waals surface area (Å²) in [7, 11) is -6.35. The van der Waals surface area contributed by atoms with Crippen molar-refractivity contribution in [3.05, 3.63) is 11.3 Å². The van der Waals surface area contributed by atoms with Crippen molar-refractivity contribution in [3.63, 3.8) is 0 Å². The number of halogens is 3. The van der Waals surface area contributed by atoms with Crippen LogP contribution in [-0.2, 0) is 38.1 Å². The number of rotatable bonds is 6. The lowest BCUT2D eigenvalue weighted by atomic mass is 9.55. The van der Waals surface area contributed by atoms with Gasteiger partial charge in [-0.05, 0) is 39.5 Å². The number of fused-ring (bicyclic) bond motifs is 2. The Morgan fingerprint density at radius 1 is 1.14 bits per heavy atom. The molecule has 2 bridgehead atoms. The van der Waals surface area contributed by atoms with Crippen LogP contribution in [0.4, 0.5) is 13.2 Å². The minimum atomic E-state index is -6.35. The molecular formula is C22H29F3O10S. The van der Waals surface area contributed by atoms with E-state index in [0.717, 1.165) is 6.92 Å². The molecule has 36 heavy (non-hydrogen) atoms. The quantitative estimate of drug-likeness (QED) is 0.288. The Morgan fingerprint density at radius 2 is 1.75 bits per heavy atom. The topological polar surface area (TPSA) is 146 Å². The Labute approximate surface area is 205 Å². The third kappa shape index (κ3) is 2.59. The average Bonchev–Trinajstić information content (AvgIpc) is 2.94. The van der Waals surface area contributed by atoms with Gasteiger partial charge in [-0.25, -0.2) is 0 Å². The molecule has 4 aliphatic rings. The molecule has 10 nitrogen and oxygen atoms in total. The first-order chi connectivity index (χ1) is 16.4. The molecule has 0 amide bonds. The first-order valence-electron chi connectivity index (χ1n) is 11.6. The number of Topliss-reactive ketones (excluding diaryl/α,β-unsaturated/α-hetero) is 1. The molecule has 3 aliphatic carbocycles. The Morgan fingerprint density at radius 3 is 2.28 bits per heavy atom. The highest BCUT2D eigenvalue weighted by Gasteiger charge is 2.98. The molecule has 1 aliphatic heterocycles. The molecule has 0 aromatic heterocycles. The van der Waals surface area contributed by atoms with Crippen LogP contribution in [0, 0.1) is 11.3 Å². The van der Waals surface area contributed by atoms with E-state index in [4.69, 9.17) is 14.2 Å². The summed E-state index contributed by atoms with van der Waals surface area (Å²) in [6, 6.07) is 0. The second-order valence-electron chi connectivity index (χ2n) is 10.1. The Bertz CT molecular complexity index is 1150. The minimum Gasteiger partial charge on any atom is -0.449 e. The predicted octanol–water partition coefficient (Wildman–Crippen LogP) is 1.49. The summed E-state index contributed by atoms with van der Waals surface area (Å²) < 4.78 is 85.3. The highest BCUT2D eigenvalue weighted by molar-refractivity contribution is 7.87. The van der Waals surface area contributed by atoms with Crippen molar-refractivity contribution < 1.29 is 59.8 Å². The fourth-order valence-electron chi connectivity index (χ4n) is 7.30. The number of alkyl halides is 3. The van der Waals surface area contributed by atoms with Crippen LogP contribution in [-0.4, -0.2) is 77.6 Å². The van der Waals surface area contributed by atoms with E-state index < -0.39 is 85.0 Å². The highest BCUT2D eigenvalue weighted by atomic mass is 32.2. The average molecular weight is 543 g/mol. The molecule has 0 aromatic carbocycles. The van der Waals surface area contributed by atoms with Crippen molar-refractivity contribution in [1.82, 2.24) is 0 Å². The summed E-state index contributed by atoms with van der Waals surface area (Å²) >= 11 is 0. The number of hydrogen-bond donors (Lipinski definition) is 2. The standard InChI is InChI=1S/C22H29F3O10S/c1-6-32-16-11(3)8-9-18(33-7-2)17(5)10-13(26)34-21(16,18)19(28)12(4)14(15(27)20(17,19)29)35-36(30,31)22(23,24)25/h11,16,28-29H,6-10H2,1-5H3. The van der Waals surface area contributed by atoms with Gasteiger partial charge < -0.3 is 28.6 Å². The van der Waals surface area contributed by atoms with Crippen LogP contribution in [0.1, 0.15) is 53.9 Å². The third-order valence-corrected chi connectivity index (χ3v) is 9.58. The van der Waals surface area contributed by atoms with Crippen LogP contribution in [0.5, 0.6) is 0 Å². The molecule has 4 rings (SSSR count). The molecule has 204 valence electrons. The van der Waals surface area contributed by atoms with Gasteiger partial charge in [0.15, 0.2) is 17.0 Å². The highest BCUT2D eigenvalue weighted by Crippen LogP contribution is 2.77. The van der Waals surface area contributed by atoms with Crippen molar-refractivity contribution >= 4 is 21.9 Å². The van der Waals surface area contributed by atoms with Gasteiger partial charge in [0.1, 0.15) is 11.7 Å². The van der Waals surface area contributed by atoms with Crippen molar-refractivity contribution in [1.29, 1.82) is 0 Å². The normalized spacial score (nSPS) is 44.4. The van der Waals surface area contributed by atoms with Crippen LogP contribution < -0.4 is 0 Å². The summed E-state index contributed by atoms with van der Waals surface area (Å²) in [5.74, 6) is -4.34. The van der Waals surface area contributed by atoms with Crippen LogP contribution in [0.3, 0.4) is 0 Å². The summed E-state index contributed by atoms with van der Waals surface area (Å²) in [6.45, 7) is 7.29. The molecule has 3 fully saturated rings. The molecule has 0 radical (unpaired) electrons. The van der Waals surface area contributed by atoms with Crippen molar-refractivity contribution in [2.75, 3.05) is 13.2 Å². The lowest BCUT2D eigenvalue weighted by molar-refractivity contribution is -0.325. The zero-order valence-electron chi connectivity index (χ0n) is 20.4. The van der Waals surface area contributed by atoms with Gasteiger partial charge in [-0.3, -0.25) is 9.59 Å². The summed E-state index contributed by atoms with van der Waals surface area (Å²) in [4.78, 5) is 26.7. The SMILES string of the molecule is CCOC1C(C)CCC2(OCC)C3(C)CC(=O)OC12C1(O)C(C)=C(OS(=O)(=O)C(F)(F)F)C(=O)C31O. The molecule has 7 atom stereocenters. The maximum Gasteiger partial charge on any atom is 0.534 e. The van der Waals surface area contributed by atoms with Crippen LogP contribution in [0.15, 0.2) is 11.3 Å². The minimum absolute atomic E-state index is 0.00294. The summed E-state index contributed by atoms with van der Waals surface area (Å²) in [6.07, 6.45) is -1.34. The van der Waals surface area contributed by atoms with E-state index in [2.05, 4.69) is 4.18 Å². The first-order valence-corrected chi connectivity index (χ1v) is 13.0. The Balaban J connectivity index is 2.11. The monoisotopic (exact) mass is 542 g/mol. The van der Waals surface area contributed by atoms with Crippen LogP contribution in [0.2, 0.25) is 0 Å². The van der Waals surface area contributed by atoms with Gasteiger partial charge in [-0.2, -0.15) is 21.6 Å². The van der Waals surface area contributed by atoms with Gasteiger partial charge in [0.2, 0.25) is 11.4 Å². The van der Waals surface area contributed by atoms with Crippen LogP contribution >= 0.6 is 0 Å². The first kappa shape index (κ1) is 27.3. The van der Waals surface area contributed by atoms with Crippen molar-refractivity contribution in [2.45, 2.75) is 87.9 Å². The van der Waals surface area contributed by atoms with E-state index in [9.17, 15) is 41.4 Å². The smallest absolute Gasteiger partial charge is 0.449 e. The Hall–Kier alpha value is -1.74. The molecular weight excluding hydrogens is 513 g/mol. The lowest BCUT2D eigenvalue weighted by Crippen LogP contribution is -2.78. The molecule has 0 aromatic rings. The van der Waals surface area contributed by atoms with E-state index in [0.29, 0.717) is 6.42 Å². The number of ether oxygens (including phenoxy) is 3. The summed E-state index contributed by atoms with van der Waals surface area (Å²) in [5.41, 5.74) is -18.6. The fraction of sp³-hybridized carbons (Fsp3) is 0.818. The second-order valence-corrected chi connectivity index (χ2v) is 11.6. The number of carbonyl (C=O) groups excluding carboxylic acids is 2. The zero-order chi connectivity index (χ0) is 27.3. The number of aliphatic hydroxyl groups is 2. The van der Waals surface area contributed by atoms with Gasteiger partial charge in [0.25, 0.3) is 0 Å². The maximum atomic E-state index is 13.7. The molecule has 2 N–H and O–H groups in total. The molecule has 14 heteroatoms. The molecule has 7 unspecified atom stereocenters. The van der Waals surface area contributed by atoms with Crippen molar-refractivity contribution in [2.24, 2.45) is 11.3 Å². The van der Waals surface area contributed by atoms with Gasteiger partial charge in [0, 0.05) is 18.8 Å². The number of carbonyl (C=O) groups is 2. The lowest BCUT2D eigenvalue weighted by Gasteiger charge is -2.62. The van der Waals surface area contributed by atoms with E-state index in [1.807, 2.05) is 0 Å². The zero-order valence-corrected chi connectivity index (χ0v) is 21.2. The largest absolute Gasteiger partial charge is 0.534 e. The molecule has 2 saturated carbocycles. The van der Waals surface area contributed by atoms with Gasteiger partial charge in [-0.1, -0.05) is 13.8 Å². The van der Waals surface area contributed by atoms with Gasteiger partial charge in [0.05, 0.1) is 11.8 Å². The fourth-order valence-corrected chi connectivity index (χ4v) is 7.81. The second kappa shape index (κ2) is 7.65. The molecule has 0 spiro atoms. The number of ketones is 1. The van der Waals surface area contributed by atoms with E-state index in [1.54, 1.807) is 20.8 Å². The number of esters is 1. The van der Waals surface area contributed by atoms with E-state index in [1.165, 1.54) is 6.92 Å². The van der Waals surface area contributed by atoms with Crippen LogP contribution in [0.25, 0.3) is 0 Å². The van der Waals surface area contributed by atoms with E-state index >= 15 is 0 Å². The third-order valence-electron chi connectivity index (χ3n) is 8.62. The van der Waals surface area contributed by atoms with E-state index in [-0.39, 0.29) is 19.6 Å².